The lowest BCUT2D eigenvalue weighted by molar-refractivity contribution is -0.145. The third-order valence-corrected chi connectivity index (χ3v) is 5.82. The zero-order valence-electron chi connectivity index (χ0n) is 15.2. The van der Waals surface area contributed by atoms with Gasteiger partial charge < -0.3 is 19.7 Å². The molecule has 0 radical (unpaired) electrons. The Balaban J connectivity index is 1.70. The van der Waals surface area contributed by atoms with E-state index in [0.717, 1.165) is 50.3 Å². The lowest BCUT2D eigenvalue weighted by Crippen LogP contribution is -2.57. The van der Waals surface area contributed by atoms with Crippen LogP contribution in [0.15, 0.2) is 12.1 Å². The van der Waals surface area contributed by atoms with E-state index in [0.29, 0.717) is 25.2 Å². The molecule has 3 aliphatic heterocycles. The molecule has 25 heavy (non-hydrogen) atoms. The Bertz CT molecular complexity index is 661. The Morgan fingerprint density at radius 1 is 1.20 bits per heavy atom. The number of benzene rings is 1. The molecule has 0 spiro atoms. The van der Waals surface area contributed by atoms with Crippen LogP contribution in [0, 0.1) is 5.92 Å². The van der Waals surface area contributed by atoms with Crippen molar-refractivity contribution in [2.75, 3.05) is 26.3 Å². The maximum atomic E-state index is 13.0. The first kappa shape index (κ1) is 16.7. The molecule has 1 amide bonds. The van der Waals surface area contributed by atoms with E-state index in [9.17, 15) is 4.79 Å². The Labute approximate surface area is 149 Å². The van der Waals surface area contributed by atoms with Gasteiger partial charge in [-0.05, 0) is 69.3 Å². The summed E-state index contributed by atoms with van der Waals surface area (Å²) in [4.78, 5) is 15.1. The van der Waals surface area contributed by atoms with Crippen molar-refractivity contribution in [1.29, 1.82) is 0 Å². The second kappa shape index (κ2) is 6.87. The van der Waals surface area contributed by atoms with Crippen LogP contribution in [0.1, 0.15) is 50.3 Å². The molecule has 136 valence electrons. The average Bonchev–Trinajstić information content (AvgIpc) is 2.63. The summed E-state index contributed by atoms with van der Waals surface area (Å²) in [5, 5.41) is 3.58. The highest BCUT2D eigenvalue weighted by atomic mass is 16.5. The van der Waals surface area contributed by atoms with Crippen molar-refractivity contribution in [3.05, 3.63) is 23.3 Å². The fourth-order valence-corrected chi connectivity index (χ4v) is 4.71. The molecule has 2 saturated heterocycles. The molecule has 0 aliphatic carbocycles. The molecule has 5 heteroatoms. The van der Waals surface area contributed by atoms with E-state index in [4.69, 9.17) is 9.47 Å². The first-order valence-electron chi connectivity index (χ1n) is 9.69. The van der Waals surface area contributed by atoms with Gasteiger partial charge in [0, 0.05) is 12.6 Å². The standard InChI is InChI=1S/C20H28N2O3/c1-3-24-18-10-13-7-9-22-17(15(13)11-19(18)25-4-2)12-16-14(20(22)23)6-5-8-21-16/h10-11,14,16-17,21H,3-9,12H2,1-2H3. The maximum absolute atomic E-state index is 13.0. The number of amides is 1. The number of nitrogens with zero attached hydrogens (tertiary/aromatic N) is 1. The van der Waals surface area contributed by atoms with Gasteiger partial charge >= 0.3 is 0 Å². The quantitative estimate of drug-likeness (QED) is 0.912. The summed E-state index contributed by atoms with van der Waals surface area (Å²) >= 11 is 0. The molecule has 1 aromatic rings. The van der Waals surface area contributed by atoms with Crippen LogP contribution < -0.4 is 14.8 Å². The van der Waals surface area contributed by atoms with Crippen LogP contribution in [-0.4, -0.2) is 43.2 Å². The molecule has 3 aliphatic rings. The van der Waals surface area contributed by atoms with Crippen LogP contribution in [0.2, 0.25) is 0 Å². The lowest BCUT2D eigenvalue weighted by Gasteiger charge is -2.48. The fourth-order valence-electron chi connectivity index (χ4n) is 4.71. The second-order valence-electron chi connectivity index (χ2n) is 7.21. The Morgan fingerprint density at radius 2 is 1.96 bits per heavy atom. The number of carbonyl (C=O) groups excluding carboxylic acids is 1. The van der Waals surface area contributed by atoms with E-state index in [2.05, 4.69) is 22.3 Å². The van der Waals surface area contributed by atoms with E-state index in [1.54, 1.807) is 0 Å². The minimum absolute atomic E-state index is 0.165. The molecular weight excluding hydrogens is 316 g/mol. The molecule has 4 rings (SSSR count). The minimum Gasteiger partial charge on any atom is -0.490 e. The number of ether oxygens (including phenoxy) is 2. The predicted octanol–water partition coefficient (Wildman–Crippen LogP) is 2.68. The third kappa shape index (κ3) is 2.88. The molecule has 3 unspecified atom stereocenters. The summed E-state index contributed by atoms with van der Waals surface area (Å²) in [7, 11) is 0. The van der Waals surface area contributed by atoms with Crippen molar-refractivity contribution in [2.45, 2.75) is 51.6 Å². The normalized spacial score (nSPS) is 28.0. The lowest BCUT2D eigenvalue weighted by atomic mass is 9.77. The molecule has 1 N–H and O–H groups in total. The molecule has 1 aromatic carbocycles. The van der Waals surface area contributed by atoms with Crippen molar-refractivity contribution in [3.8, 4) is 11.5 Å². The van der Waals surface area contributed by atoms with Crippen molar-refractivity contribution in [3.63, 3.8) is 0 Å². The first-order valence-corrected chi connectivity index (χ1v) is 9.69. The van der Waals surface area contributed by atoms with E-state index in [1.807, 2.05) is 13.8 Å². The van der Waals surface area contributed by atoms with Gasteiger partial charge in [0.2, 0.25) is 5.91 Å². The summed E-state index contributed by atoms with van der Waals surface area (Å²) in [5.74, 6) is 2.13. The average molecular weight is 344 g/mol. The highest BCUT2D eigenvalue weighted by Crippen LogP contribution is 2.44. The van der Waals surface area contributed by atoms with Crippen molar-refractivity contribution >= 4 is 5.91 Å². The van der Waals surface area contributed by atoms with Crippen LogP contribution in [0.3, 0.4) is 0 Å². The first-order chi connectivity index (χ1) is 12.2. The zero-order valence-corrected chi connectivity index (χ0v) is 15.2. The van der Waals surface area contributed by atoms with Gasteiger partial charge in [0.15, 0.2) is 11.5 Å². The van der Waals surface area contributed by atoms with Gasteiger partial charge in [-0.25, -0.2) is 0 Å². The van der Waals surface area contributed by atoms with E-state index in [1.165, 1.54) is 11.1 Å². The molecule has 5 nitrogen and oxygen atoms in total. The maximum Gasteiger partial charge on any atom is 0.227 e. The van der Waals surface area contributed by atoms with Gasteiger partial charge in [-0.1, -0.05) is 0 Å². The highest BCUT2D eigenvalue weighted by molar-refractivity contribution is 5.82. The van der Waals surface area contributed by atoms with Crippen LogP contribution in [-0.2, 0) is 11.2 Å². The van der Waals surface area contributed by atoms with Crippen LogP contribution in [0.5, 0.6) is 11.5 Å². The molecule has 3 heterocycles. The highest BCUT2D eigenvalue weighted by Gasteiger charge is 2.45. The third-order valence-electron chi connectivity index (χ3n) is 5.82. The number of hydrogen-bond acceptors (Lipinski definition) is 4. The van der Waals surface area contributed by atoms with Crippen molar-refractivity contribution in [2.24, 2.45) is 5.92 Å². The predicted molar refractivity (Wildman–Crippen MR) is 96.1 cm³/mol. The summed E-state index contributed by atoms with van der Waals surface area (Å²) in [6.07, 6.45) is 4.03. The van der Waals surface area contributed by atoms with E-state index >= 15 is 0 Å². The molecule has 0 aromatic heterocycles. The van der Waals surface area contributed by atoms with Crippen LogP contribution in [0.25, 0.3) is 0 Å². The molecule has 0 saturated carbocycles. The van der Waals surface area contributed by atoms with Gasteiger partial charge in [0.1, 0.15) is 0 Å². The number of rotatable bonds is 4. The van der Waals surface area contributed by atoms with Gasteiger partial charge in [-0.15, -0.1) is 0 Å². The molecule has 0 bridgehead atoms. The molecule has 3 atom stereocenters. The van der Waals surface area contributed by atoms with Gasteiger partial charge in [0.05, 0.1) is 25.2 Å². The Morgan fingerprint density at radius 3 is 2.72 bits per heavy atom. The number of fused-ring (bicyclic) bond motifs is 4. The Hall–Kier alpha value is -1.75. The monoisotopic (exact) mass is 344 g/mol. The van der Waals surface area contributed by atoms with Crippen LogP contribution >= 0.6 is 0 Å². The van der Waals surface area contributed by atoms with Crippen molar-refractivity contribution in [1.82, 2.24) is 10.2 Å². The summed E-state index contributed by atoms with van der Waals surface area (Å²) < 4.78 is 11.6. The number of piperidine rings is 2. The zero-order chi connectivity index (χ0) is 17.4. The smallest absolute Gasteiger partial charge is 0.227 e. The SMILES string of the molecule is CCOc1cc2c(cc1OCC)C1CC3NCCCC3C(=O)N1CC2. The molecule has 2 fully saturated rings. The number of hydrogen-bond donors (Lipinski definition) is 1. The summed E-state index contributed by atoms with van der Waals surface area (Å²) in [6.45, 7) is 7.06. The largest absolute Gasteiger partial charge is 0.490 e. The number of carbonyl (C=O) groups is 1. The molecular formula is C20H28N2O3. The fraction of sp³-hybridized carbons (Fsp3) is 0.650. The second-order valence-corrected chi connectivity index (χ2v) is 7.21. The number of nitrogens with one attached hydrogen (secondary N) is 1. The minimum atomic E-state index is 0.165. The van der Waals surface area contributed by atoms with Crippen LogP contribution in [0.4, 0.5) is 0 Å². The van der Waals surface area contributed by atoms with Gasteiger partial charge in [-0.3, -0.25) is 4.79 Å². The van der Waals surface area contributed by atoms with Gasteiger partial charge in [0.25, 0.3) is 0 Å². The van der Waals surface area contributed by atoms with Crippen molar-refractivity contribution < 1.29 is 14.3 Å². The summed E-state index contributed by atoms with van der Waals surface area (Å²) in [5.41, 5.74) is 2.55. The summed E-state index contributed by atoms with van der Waals surface area (Å²) in [6, 6.07) is 4.73. The van der Waals surface area contributed by atoms with E-state index in [-0.39, 0.29) is 12.0 Å². The topological polar surface area (TPSA) is 50.8 Å². The van der Waals surface area contributed by atoms with E-state index < -0.39 is 0 Å². The van der Waals surface area contributed by atoms with Gasteiger partial charge in [-0.2, -0.15) is 0 Å². The Kier molecular flexibility index (Phi) is 4.59.